The fourth-order valence-electron chi connectivity index (χ4n) is 1.01. The first-order valence-electron chi connectivity index (χ1n) is 6.16. The van der Waals surface area contributed by atoms with Crippen LogP contribution in [0.1, 0.15) is 39.5 Å². The molecule has 16 heavy (non-hydrogen) atoms. The van der Waals surface area contributed by atoms with Crippen LogP contribution in [0, 0.1) is 5.92 Å². The van der Waals surface area contributed by atoms with Crippen LogP contribution in [-0.2, 0) is 4.74 Å². The van der Waals surface area contributed by atoms with Gasteiger partial charge in [0.15, 0.2) is 0 Å². The Hall–Kier alpha value is -0.160. The number of aliphatic hydroxyl groups excluding tert-OH is 3. The van der Waals surface area contributed by atoms with E-state index >= 15 is 0 Å². The van der Waals surface area contributed by atoms with Gasteiger partial charge in [0.2, 0.25) is 0 Å². The van der Waals surface area contributed by atoms with Crippen molar-refractivity contribution in [3.8, 4) is 0 Å². The van der Waals surface area contributed by atoms with Gasteiger partial charge in [0.05, 0.1) is 0 Å². The average Bonchev–Trinajstić information content (AvgIpc) is 2.32. The molecule has 0 aromatic carbocycles. The highest BCUT2D eigenvalue weighted by molar-refractivity contribution is 4.53. The van der Waals surface area contributed by atoms with Gasteiger partial charge in [-0.25, -0.2) is 0 Å². The summed E-state index contributed by atoms with van der Waals surface area (Å²) in [6, 6.07) is 0. The van der Waals surface area contributed by atoms with E-state index < -0.39 is 0 Å². The van der Waals surface area contributed by atoms with E-state index in [0.717, 1.165) is 26.1 Å². The van der Waals surface area contributed by atoms with Gasteiger partial charge in [-0.1, -0.05) is 13.8 Å². The Balaban J connectivity index is 0. The minimum Gasteiger partial charge on any atom is -0.396 e. The maximum atomic E-state index is 8.51. The molecule has 0 unspecified atom stereocenters. The summed E-state index contributed by atoms with van der Waals surface area (Å²) >= 11 is 0. The van der Waals surface area contributed by atoms with Crippen molar-refractivity contribution >= 4 is 0 Å². The Kier molecular flexibility index (Phi) is 19.6. The van der Waals surface area contributed by atoms with Crippen molar-refractivity contribution in [1.82, 2.24) is 0 Å². The second-order valence-corrected chi connectivity index (χ2v) is 3.71. The highest BCUT2D eigenvalue weighted by Gasteiger charge is 2.03. The SMILES string of the molecule is CCCOCCC.OCCCC(CO)CO. The molecule has 3 N–H and O–H groups in total. The summed E-state index contributed by atoms with van der Waals surface area (Å²) in [5.74, 6) is -0.0443. The molecule has 0 aliphatic heterocycles. The summed E-state index contributed by atoms with van der Waals surface area (Å²) in [5.41, 5.74) is 0. The van der Waals surface area contributed by atoms with Gasteiger partial charge in [0.1, 0.15) is 0 Å². The fraction of sp³-hybridized carbons (Fsp3) is 1.00. The van der Waals surface area contributed by atoms with Crippen molar-refractivity contribution in [3.63, 3.8) is 0 Å². The summed E-state index contributed by atoms with van der Waals surface area (Å²) in [4.78, 5) is 0. The molecule has 0 spiro atoms. The third kappa shape index (κ3) is 16.3. The maximum Gasteiger partial charge on any atom is 0.0481 e. The molecule has 4 heteroatoms. The molecule has 0 atom stereocenters. The molecule has 0 amide bonds. The highest BCUT2D eigenvalue weighted by atomic mass is 16.5. The van der Waals surface area contributed by atoms with Gasteiger partial charge in [-0.15, -0.1) is 0 Å². The molecule has 0 bridgehead atoms. The van der Waals surface area contributed by atoms with E-state index in [1.807, 2.05) is 0 Å². The van der Waals surface area contributed by atoms with Crippen molar-refractivity contribution in [2.45, 2.75) is 39.5 Å². The van der Waals surface area contributed by atoms with Crippen LogP contribution in [0.2, 0.25) is 0 Å². The second kappa shape index (κ2) is 17.2. The predicted molar refractivity (Wildman–Crippen MR) is 65.4 cm³/mol. The third-order valence-corrected chi connectivity index (χ3v) is 1.98. The quantitative estimate of drug-likeness (QED) is 0.526. The first kappa shape index (κ1) is 18.2. The number of ether oxygens (including phenoxy) is 1. The second-order valence-electron chi connectivity index (χ2n) is 3.71. The molecule has 0 saturated carbocycles. The summed E-state index contributed by atoms with van der Waals surface area (Å²) in [5, 5.41) is 25.4. The summed E-state index contributed by atoms with van der Waals surface area (Å²) < 4.78 is 5.13. The fourth-order valence-corrected chi connectivity index (χ4v) is 1.01. The Labute approximate surface area is 99.3 Å². The van der Waals surface area contributed by atoms with Crippen LogP contribution < -0.4 is 0 Å². The van der Waals surface area contributed by atoms with Crippen LogP contribution in [0.15, 0.2) is 0 Å². The van der Waals surface area contributed by atoms with Gasteiger partial charge >= 0.3 is 0 Å². The van der Waals surface area contributed by atoms with Crippen LogP contribution in [0.4, 0.5) is 0 Å². The zero-order valence-corrected chi connectivity index (χ0v) is 10.7. The van der Waals surface area contributed by atoms with E-state index in [4.69, 9.17) is 20.1 Å². The summed E-state index contributed by atoms with van der Waals surface area (Å²) in [6.07, 6.45) is 3.63. The van der Waals surface area contributed by atoms with Crippen LogP contribution in [0.25, 0.3) is 0 Å². The van der Waals surface area contributed by atoms with Gasteiger partial charge < -0.3 is 20.1 Å². The van der Waals surface area contributed by atoms with Gasteiger partial charge in [-0.05, 0) is 25.7 Å². The van der Waals surface area contributed by atoms with Crippen molar-refractivity contribution in [3.05, 3.63) is 0 Å². The minimum absolute atomic E-state index is 0.0104. The Bertz CT molecular complexity index is 101. The topological polar surface area (TPSA) is 69.9 Å². The number of hydrogen-bond donors (Lipinski definition) is 3. The predicted octanol–water partition coefficient (Wildman–Crippen LogP) is 1.18. The monoisotopic (exact) mass is 236 g/mol. The first-order chi connectivity index (χ1) is 7.76. The molecule has 0 aliphatic rings. The van der Waals surface area contributed by atoms with E-state index in [-0.39, 0.29) is 25.7 Å². The lowest BCUT2D eigenvalue weighted by molar-refractivity contribution is 0.135. The highest BCUT2D eigenvalue weighted by Crippen LogP contribution is 2.02. The zero-order valence-electron chi connectivity index (χ0n) is 10.7. The number of hydrogen-bond acceptors (Lipinski definition) is 4. The Morgan fingerprint density at radius 1 is 0.938 bits per heavy atom. The van der Waals surface area contributed by atoms with Crippen LogP contribution in [-0.4, -0.2) is 48.4 Å². The lowest BCUT2D eigenvalue weighted by Crippen LogP contribution is -2.11. The van der Waals surface area contributed by atoms with Crippen molar-refractivity contribution in [2.75, 3.05) is 33.0 Å². The maximum absolute atomic E-state index is 8.51. The van der Waals surface area contributed by atoms with Gasteiger partial charge in [0.25, 0.3) is 0 Å². The largest absolute Gasteiger partial charge is 0.396 e. The van der Waals surface area contributed by atoms with Crippen LogP contribution in [0.5, 0.6) is 0 Å². The molecule has 4 nitrogen and oxygen atoms in total. The first-order valence-corrected chi connectivity index (χ1v) is 6.16. The van der Waals surface area contributed by atoms with E-state index in [0.29, 0.717) is 12.8 Å². The normalized spacial score (nSPS) is 10.1. The van der Waals surface area contributed by atoms with E-state index in [9.17, 15) is 0 Å². The van der Waals surface area contributed by atoms with Gasteiger partial charge in [-0.3, -0.25) is 0 Å². The van der Waals surface area contributed by atoms with Gasteiger partial charge in [-0.2, -0.15) is 0 Å². The molecule has 0 heterocycles. The lowest BCUT2D eigenvalue weighted by Gasteiger charge is -2.07. The van der Waals surface area contributed by atoms with E-state index in [1.54, 1.807) is 0 Å². The van der Waals surface area contributed by atoms with Crippen LogP contribution in [0.3, 0.4) is 0 Å². The molecular formula is C12H28O4. The molecule has 0 radical (unpaired) electrons. The van der Waals surface area contributed by atoms with Crippen molar-refractivity contribution < 1.29 is 20.1 Å². The molecule has 0 aromatic heterocycles. The van der Waals surface area contributed by atoms with E-state index in [1.165, 1.54) is 0 Å². The Morgan fingerprint density at radius 2 is 1.44 bits per heavy atom. The third-order valence-electron chi connectivity index (χ3n) is 1.98. The average molecular weight is 236 g/mol. The lowest BCUT2D eigenvalue weighted by atomic mass is 10.1. The van der Waals surface area contributed by atoms with Crippen LogP contribution >= 0.6 is 0 Å². The van der Waals surface area contributed by atoms with E-state index in [2.05, 4.69) is 13.8 Å². The summed E-state index contributed by atoms with van der Waals surface area (Å²) in [7, 11) is 0. The molecule has 0 aliphatic carbocycles. The summed E-state index contributed by atoms with van der Waals surface area (Å²) in [6.45, 7) is 6.25. The standard InChI is InChI=1S/C6H14O3.C6H14O/c7-3-1-2-6(4-8)5-9;1-3-5-7-6-4-2/h6-9H,1-5H2;3-6H2,1-2H3. The molecular weight excluding hydrogens is 208 g/mol. The smallest absolute Gasteiger partial charge is 0.0481 e. The molecule has 0 saturated heterocycles. The molecule has 0 fully saturated rings. The van der Waals surface area contributed by atoms with Gasteiger partial charge in [0, 0.05) is 39.0 Å². The number of rotatable bonds is 9. The minimum atomic E-state index is -0.0443. The zero-order chi connectivity index (χ0) is 12.6. The van der Waals surface area contributed by atoms with Crippen molar-refractivity contribution in [2.24, 2.45) is 5.92 Å². The molecule has 100 valence electrons. The number of aliphatic hydroxyl groups is 3. The Morgan fingerprint density at radius 3 is 1.75 bits per heavy atom. The molecule has 0 rings (SSSR count). The molecule has 0 aromatic rings. The van der Waals surface area contributed by atoms with Crippen molar-refractivity contribution in [1.29, 1.82) is 0 Å².